The SMILES string of the molecule is Cc1cc(C(C)NCC2(CO)CC2)ccc1Br. The first-order valence-electron chi connectivity index (χ1n) is 6.17. The number of benzene rings is 1. The van der Waals surface area contributed by atoms with Crippen molar-refractivity contribution in [3.63, 3.8) is 0 Å². The Morgan fingerprint density at radius 1 is 1.47 bits per heavy atom. The van der Waals surface area contributed by atoms with E-state index in [1.807, 2.05) is 0 Å². The Bertz CT molecular complexity index is 401. The first kappa shape index (κ1) is 13.1. The van der Waals surface area contributed by atoms with Crippen LogP contribution in [0.2, 0.25) is 0 Å². The summed E-state index contributed by atoms with van der Waals surface area (Å²) in [6, 6.07) is 6.79. The zero-order valence-electron chi connectivity index (χ0n) is 10.5. The van der Waals surface area contributed by atoms with Gasteiger partial charge in [-0.05, 0) is 43.9 Å². The average molecular weight is 298 g/mol. The van der Waals surface area contributed by atoms with Gasteiger partial charge in [-0.15, -0.1) is 0 Å². The maximum atomic E-state index is 9.27. The first-order chi connectivity index (χ1) is 8.06. The summed E-state index contributed by atoms with van der Waals surface area (Å²) in [6.45, 7) is 5.51. The molecular weight excluding hydrogens is 278 g/mol. The molecule has 0 heterocycles. The fraction of sp³-hybridized carbons (Fsp3) is 0.571. The van der Waals surface area contributed by atoms with Crippen LogP contribution in [0.15, 0.2) is 22.7 Å². The second kappa shape index (κ2) is 5.09. The zero-order valence-corrected chi connectivity index (χ0v) is 12.0. The number of aliphatic hydroxyl groups excluding tert-OH is 1. The fourth-order valence-electron chi connectivity index (χ4n) is 1.99. The summed E-state index contributed by atoms with van der Waals surface area (Å²) in [6.07, 6.45) is 2.31. The molecule has 0 spiro atoms. The molecule has 1 aliphatic rings. The summed E-state index contributed by atoms with van der Waals surface area (Å²) in [4.78, 5) is 0. The molecular formula is C14H20BrNO. The van der Waals surface area contributed by atoms with Crippen LogP contribution in [0.4, 0.5) is 0 Å². The Morgan fingerprint density at radius 2 is 2.18 bits per heavy atom. The number of aryl methyl sites for hydroxylation is 1. The maximum Gasteiger partial charge on any atom is 0.0499 e. The van der Waals surface area contributed by atoms with Gasteiger partial charge < -0.3 is 10.4 Å². The molecule has 0 saturated heterocycles. The van der Waals surface area contributed by atoms with Gasteiger partial charge in [0, 0.05) is 29.1 Å². The Hall–Kier alpha value is -0.380. The second-order valence-corrected chi connectivity index (χ2v) is 6.12. The van der Waals surface area contributed by atoms with E-state index >= 15 is 0 Å². The van der Waals surface area contributed by atoms with Crippen LogP contribution in [-0.2, 0) is 0 Å². The minimum atomic E-state index is 0.179. The average Bonchev–Trinajstić information content (AvgIpc) is 3.10. The highest BCUT2D eigenvalue weighted by Crippen LogP contribution is 2.44. The van der Waals surface area contributed by atoms with E-state index in [4.69, 9.17) is 0 Å². The van der Waals surface area contributed by atoms with Crippen molar-refractivity contribution in [1.82, 2.24) is 5.32 Å². The molecule has 1 atom stereocenters. The van der Waals surface area contributed by atoms with Crippen LogP contribution in [-0.4, -0.2) is 18.3 Å². The number of hydrogen-bond acceptors (Lipinski definition) is 2. The molecule has 2 rings (SSSR count). The van der Waals surface area contributed by atoms with Crippen LogP contribution in [0, 0.1) is 12.3 Å². The van der Waals surface area contributed by atoms with Gasteiger partial charge in [0.15, 0.2) is 0 Å². The number of hydrogen-bond donors (Lipinski definition) is 2. The van der Waals surface area contributed by atoms with Crippen LogP contribution in [0.25, 0.3) is 0 Å². The standard InChI is InChI=1S/C14H20BrNO/c1-10-7-12(3-4-13(10)15)11(2)16-8-14(9-17)5-6-14/h3-4,7,11,16-17H,5-6,8-9H2,1-2H3. The van der Waals surface area contributed by atoms with Crippen LogP contribution in [0.5, 0.6) is 0 Å². The van der Waals surface area contributed by atoms with E-state index in [1.165, 1.54) is 11.1 Å². The summed E-state index contributed by atoms with van der Waals surface area (Å²) < 4.78 is 1.16. The second-order valence-electron chi connectivity index (χ2n) is 5.27. The van der Waals surface area contributed by atoms with Crippen molar-refractivity contribution in [2.45, 2.75) is 32.7 Å². The van der Waals surface area contributed by atoms with Gasteiger partial charge >= 0.3 is 0 Å². The van der Waals surface area contributed by atoms with Gasteiger partial charge in [-0.1, -0.05) is 28.1 Å². The van der Waals surface area contributed by atoms with E-state index in [2.05, 4.69) is 53.3 Å². The fourth-order valence-corrected chi connectivity index (χ4v) is 2.24. The van der Waals surface area contributed by atoms with Crippen molar-refractivity contribution in [2.75, 3.05) is 13.2 Å². The Balaban J connectivity index is 1.95. The molecule has 1 aliphatic carbocycles. The van der Waals surface area contributed by atoms with Gasteiger partial charge in [0.1, 0.15) is 0 Å². The molecule has 1 fully saturated rings. The monoisotopic (exact) mass is 297 g/mol. The van der Waals surface area contributed by atoms with Crippen molar-refractivity contribution >= 4 is 15.9 Å². The van der Waals surface area contributed by atoms with Gasteiger partial charge in [-0.3, -0.25) is 0 Å². The van der Waals surface area contributed by atoms with Crippen molar-refractivity contribution < 1.29 is 5.11 Å². The normalized spacial score (nSPS) is 19.1. The molecule has 1 aromatic rings. The summed E-state index contributed by atoms with van der Waals surface area (Å²) in [5.41, 5.74) is 2.75. The predicted octanol–water partition coefficient (Wildman–Crippen LogP) is 3.18. The molecule has 1 saturated carbocycles. The summed E-state index contributed by atoms with van der Waals surface area (Å²) in [7, 11) is 0. The number of nitrogens with one attached hydrogen (secondary N) is 1. The topological polar surface area (TPSA) is 32.3 Å². The Kier molecular flexibility index (Phi) is 3.91. The van der Waals surface area contributed by atoms with Gasteiger partial charge in [0.05, 0.1) is 0 Å². The van der Waals surface area contributed by atoms with Gasteiger partial charge in [0.25, 0.3) is 0 Å². The Morgan fingerprint density at radius 3 is 2.71 bits per heavy atom. The molecule has 0 radical (unpaired) electrons. The number of rotatable bonds is 5. The zero-order chi connectivity index (χ0) is 12.5. The third-order valence-electron chi connectivity index (χ3n) is 3.76. The highest BCUT2D eigenvalue weighted by atomic mass is 79.9. The maximum absolute atomic E-state index is 9.27. The van der Waals surface area contributed by atoms with Gasteiger partial charge in [-0.2, -0.15) is 0 Å². The van der Waals surface area contributed by atoms with Crippen LogP contribution < -0.4 is 5.32 Å². The number of aliphatic hydroxyl groups is 1. The van der Waals surface area contributed by atoms with Crippen LogP contribution in [0.1, 0.15) is 36.9 Å². The third kappa shape index (κ3) is 3.09. The molecule has 0 aliphatic heterocycles. The van der Waals surface area contributed by atoms with Gasteiger partial charge in [-0.25, -0.2) is 0 Å². The quantitative estimate of drug-likeness (QED) is 0.875. The molecule has 0 bridgehead atoms. The Labute approximate surface area is 112 Å². The first-order valence-corrected chi connectivity index (χ1v) is 6.96. The van der Waals surface area contributed by atoms with Gasteiger partial charge in [0.2, 0.25) is 0 Å². The van der Waals surface area contributed by atoms with Crippen LogP contribution >= 0.6 is 15.9 Å². The largest absolute Gasteiger partial charge is 0.396 e. The highest BCUT2D eigenvalue weighted by molar-refractivity contribution is 9.10. The lowest BCUT2D eigenvalue weighted by Gasteiger charge is -2.19. The van der Waals surface area contributed by atoms with Crippen molar-refractivity contribution in [3.05, 3.63) is 33.8 Å². The van der Waals surface area contributed by atoms with E-state index in [0.717, 1.165) is 23.9 Å². The van der Waals surface area contributed by atoms with E-state index < -0.39 is 0 Å². The molecule has 1 unspecified atom stereocenters. The molecule has 17 heavy (non-hydrogen) atoms. The minimum Gasteiger partial charge on any atom is -0.396 e. The molecule has 0 amide bonds. The smallest absolute Gasteiger partial charge is 0.0499 e. The van der Waals surface area contributed by atoms with Crippen molar-refractivity contribution in [1.29, 1.82) is 0 Å². The molecule has 2 nitrogen and oxygen atoms in total. The molecule has 94 valence electrons. The van der Waals surface area contributed by atoms with E-state index in [1.54, 1.807) is 0 Å². The lowest BCUT2D eigenvalue weighted by molar-refractivity contribution is 0.204. The molecule has 2 N–H and O–H groups in total. The number of halogens is 1. The summed E-state index contributed by atoms with van der Waals surface area (Å²) >= 11 is 3.52. The summed E-state index contributed by atoms with van der Waals surface area (Å²) in [5.74, 6) is 0. The van der Waals surface area contributed by atoms with E-state index in [0.29, 0.717) is 12.6 Å². The highest BCUT2D eigenvalue weighted by Gasteiger charge is 2.41. The predicted molar refractivity (Wildman–Crippen MR) is 74.0 cm³/mol. The lowest BCUT2D eigenvalue weighted by Crippen LogP contribution is -2.28. The summed E-state index contributed by atoms with van der Waals surface area (Å²) in [5, 5.41) is 12.8. The van der Waals surface area contributed by atoms with Crippen molar-refractivity contribution in [3.8, 4) is 0 Å². The van der Waals surface area contributed by atoms with E-state index in [-0.39, 0.29) is 5.41 Å². The van der Waals surface area contributed by atoms with Crippen molar-refractivity contribution in [2.24, 2.45) is 5.41 Å². The van der Waals surface area contributed by atoms with Crippen LogP contribution in [0.3, 0.4) is 0 Å². The molecule has 0 aromatic heterocycles. The lowest BCUT2D eigenvalue weighted by atomic mass is 10.0. The minimum absolute atomic E-state index is 0.179. The third-order valence-corrected chi connectivity index (χ3v) is 4.65. The molecule has 3 heteroatoms. The van der Waals surface area contributed by atoms with E-state index in [9.17, 15) is 5.11 Å². The molecule has 1 aromatic carbocycles.